The molecule has 2 amide bonds. The third-order valence-electron chi connectivity index (χ3n) is 4.16. The van der Waals surface area contributed by atoms with E-state index in [0.717, 1.165) is 12.1 Å². The second-order valence-corrected chi connectivity index (χ2v) is 5.94. The SMILES string of the molecule is O=C(Oc1ccccc1)N1CCCN(C(=O)c2ccc(F)c(F)c2)CC1. The van der Waals surface area contributed by atoms with Gasteiger partial charge in [0.1, 0.15) is 5.75 Å². The molecule has 5 nitrogen and oxygen atoms in total. The maximum Gasteiger partial charge on any atom is 0.415 e. The van der Waals surface area contributed by atoms with Gasteiger partial charge in [-0.2, -0.15) is 0 Å². The lowest BCUT2D eigenvalue weighted by atomic mass is 10.2. The van der Waals surface area contributed by atoms with Crippen molar-refractivity contribution < 1.29 is 23.1 Å². The summed E-state index contributed by atoms with van der Waals surface area (Å²) in [6.45, 7) is 1.48. The van der Waals surface area contributed by atoms with E-state index in [4.69, 9.17) is 4.74 Å². The molecule has 1 heterocycles. The van der Waals surface area contributed by atoms with Crippen LogP contribution in [0.15, 0.2) is 48.5 Å². The van der Waals surface area contributed by atoms with Crippen LogP contribution < -0.4 is 4.74 Å². The highest BCUT2D eigenvalue weighted by molar-refractivity contribution is 5.94. The van der Waals surface area contributed by atoms with E-state index >= 15 is 0 Å². The molecule has 0 N–H and O–H groups in total. The molecule has 7 heteroatoms. The summed E-state index contributed by atoms with van der Waals surface area (Å²) in [5.74, 6) is -1.98. The predicted molar refractivity (Wildman–Crippen MR) is 90.9 cm³/mol. The molecule has 0 unspecified atom stereocenters. The quantitative estimate of drug-likeness (QED) is 0.826. The van der Waals surface area contributed by atoms with Crippen molar-refractivity contribution in [3.8, 4) is 5.75 Å². The van der Waals surface area contributed by atoms with E-state index < -0.39 is 17.7 Å². The number of hydrogen-bond acceptors (Lipinski definition) is 3. The van der Waals surface area contributed by atoms with Gasteiger partial charge in [0.05, 0.1) is 0 Å². The molecule has 26 heavy (non-hydrogen) atoms. The normalized spacial score (nSPS) is 14.7. The summed E-state index contributed by atoms with van der Waals surface area (Å²) in [6.07, 6.45) is 0.0950. The molecule has 1 saturated heterocycles. The van der Waals surface area contributed by atoms with Crippen molar-refractivity contribution in [3.63, 3.8) is 0 Å². The van der Waals surface area contributed by atoms with E-state index in [-0.39, 0.29) is 11.5 Å². The van der Waals surface area contributed by atoms with Crippen molar-refractivity contribution >= 4 is 12.0 Å². The molecule has 0 bridgehead atoms. The Labute approximate surface area is 149 Å². The number of nitrogens with zero attached hydrogens (tertiary/aromatic N) is 2. The summed E-state index contributed by atoms with van der Waals surface area (Å²) in [4.78, 5) is 27.8. The van der Waals surface area contributed by atoms with Gasteiger partial charge in [-0.15, -0.1) is 0 Å². The van der Waals surface area contributed by atoms with Gasteiger partial charge in [-0.1, -0.05) is 18.2 Å². The average molecular weight is 360 g/mol. The third-order valence-corrected chi connectivity index (χ3v) is 4.16. The number of hydrogen-bond donors (Lipinski definition) is 0. The number of carbonyl (C=O) groups excluding carboxylic acids is 2. The minimum Gasteiger partial charge on any atom is -0.410 e. The Morgan fingerprint density at radius 1 is 0.846 bits per heavy atom. The monoisotopic (exact) mass is 360 g/mol. The smallest absolute Gasteiger partial charge is 0.410 e. The number of para-hydroxylation sites is 1. The fraction of sp³-hybridized carbons (Fsp3) is 0.263. The van der Waals surface area contributed by atoms with Gasteiger partial charge in [-0.3, -0.25) is 4.79 Å². The standard InChI is InChI=1S/C19H18F2N2O3/c20-16-8-7-14(13-17(16)21)18(24)22-9-4-10-23(12-11-22)19(25)26-15-5-2-1-3-6-15/h1-3,5-8,13H,4,9-12H2. The maximum absolute atomic E-state index is 13.3. The zero-order chi connectivity index (χ0) is 18.5. The molecule has 136 valence electrons. The Hall–Kier alpha value is -2.96. The van der Waals surface area contributed by atoms with Gasteiger partial charge in [-0.05, 0) is 36.8 Å². The topological polar surface area (TPSA) is 49.9 Å². The first-order chi connectivity index (χ1) is 12.5. The van der Waals surface area contributed by atoms with Gasteiger partial charge in [0.2, 0.25) is 0 Å². The van der Waals surface area contributed by atoms with Crippen molar-refractivity contribution in [2.24, 2.45) is 0 Å². The van der Waals surface area contributed by atoms with Crippen molar-refractivity contribution in [3.05, 3.63) is 65.7 Å². The molecular weight excluding hydrogens is 342 g/mol. The second-order valence-electron chi connectivity index (χ2n) is 5.94. The zero-order valence-corrected chi connectivity index (χ0v) is 14.0. The molecule has 3 rings (SSSR count). The lowest BCUT2D eigenvalue weighted by molar-refractivity contribution is 0.0759. The van der Waals surface area contributed by atoms with Crippen molar-refractivity contribution in [1.82, 2.24) is 9.80 Å². The Morgan fingerprint density at radius 2 is 1.54 bits per heavy atom. The third kappa shape index (κ3) is 4.17. The first kappa shape index (κ1) is 17.8. The number of benzene rings is 2. The molecule has 2 aromatic carbocycles. The predicted octanol–water partition coefficient (Wildman–Crippen LogP) is 3.31. The van der Waals surface area contributed by atoms with Gasteiger partial charge in [0.25, 0.3) is 5.91 Å². The number of ether oxygens (including phenoxy) is 1. The lowest BCUT2D eigenvalue weighted by Crippen LogP contribution is -2.38. The molecule has 0 aliphatic carbocycles. The maximum atomic E-state index is 13.3. The van der Waals surface area contributed by atoms with Crippen LogP contribution in [0.3, 0.4) is 0 Å². The number of carbonyl (C=O) groups is 2. The van der Waals surface area contributed by atoms with E-state index in [1.807, 2.05) is 6.07 Å². The molecular formula is C19H18F2N2O3. The fourth-order valence-corrected chi connectivity index (χ4v) is 2.77. The number of amides is 2. The average Bonchev–Trinajstić information content (AvgIpc) is 2.90. The Kier molecular flexibility index (Phi) is 5.46. The van der Waals surface area contributed by atoms with E-state index in [1.165, 1.54) is 15.9 Å². The Bertz CT molecular complexity index is 799. The molecule has 0 radical (unpaired) electrons. The van der Waals surface area contributed by atoms with Crippen LogP contribution in [-0.2, 0) is 0 Å². The van der Waals surface area contributed by atoms with Crippen LogP contribution in [0.25, 0.3) is 0 Å². The van der Waals surface area contributed by atoms with Crippen molar-refractivity contribution in [2.75, 3.05) is 26.2 Å². The van der Waals surface area contributed by atoms with Gasteiger partial charge in [-0.25, -0.2) is 13.6 Å². The number of rotatable bonds is 2. The van der Waals surface area contributed by atoms with Crippen LogP contribution in [0.2, 0.25) is 0 Å². The fourth-order valence-electron chi connectivity index (χ4n) is 2.77. The molecule has 0 saturated carbocycles. The largest absolute Gasteiger partial charge is 0.415 e. The molecule has 1 aliphatic heterocycles. The molecule has 2 aromatic rings. The van der Waals surface area contributed by atoms with Crippen LogP contribution in [0, 0.1) is 11.6 Å². The first-order valence-electron chi connectivity index (χ1n) is 8.31. The minimum absolute atomic E-state index is 0.0872. The lowest BCUT2D eigenvalue weighted by Gasteiger charge is -2.22. The highest BCUT2D eigenvalue weighted by Crippen LogP contribution is 2.15. The van der Waals surface area contributed by atoms with Crippen LogP contribution in [0.4, 0.5) is 13.6 Å². The summed E-state index contributed by atoms with van der Waals surface area (Å²) in [7, 11) is 0. The molecule has 0 spiro atoms. The van der Waals surface area contributed by atoms with Crippen molar-refractivity contribution in [2.45, 2.75) is 6.42 Å². The van der Waals surface area contributed by atoms with E-state index in [2.05, 4.69) is 0 Å². The van der Waals surface area contributed by atoms with Crippen LogP contribution in [0.5, 0.6) is 5.75 Å². The van der Waals surface area contributed by atoms with Crippen LogP contribution >= 0.6 is 0 Å². The summed E-state index contributed by atoms with van der Waals surface area (Å²) < 4.78 is 31.7. The van der Waals surface area contributed by atoms with Gasteiger partial charge in [0, 0.05) is 31.7 Å². The summed E-state index contributed by atoms with van der Waals surface area (Å²) in [5, 5.41) is 0. The zero-order valence-electron chi connectivity index (χ0n) is 14.0. The van der Waals surface area contributed by atoms with Gasteiger partial charge >= 0.3 is 6.09 Å². The summed E-state index contributed by atoms with van der Waals surface area (Å²) in [5.41, 5.74) is 0.0872. The van der Waals surface area contributed by atoms with Crippen molar-refractivity contribution in [1.29, 1.82) is 0 Å². The Morgan fingerprint density at radius 3 is 2.27 bits per heavy atom. The molecule has 1 aliphatic rings. The minimum atomic E-state index is -1.06. The summed E-state index contributed by atoms with van der Waals surface area (Å²) >= 11 is 0. The Balaban J connectivity index is 1.61. The molecule has 0 aromatic heterocycles. The van der Waals surface area contributed by atoms with E-state index in [0.29, 0.717) is 38.3 Å². The van der Waals surface area contributed by atoms with Crippen LogP contribution in [0.1, 0.15) is 16.8 Å². The van der Waals surface area contributed by atoms with Gasteiger partial charge < -0.3 is 14.5 Å². The first-order valence-corrected chi connectivity index (χ1v) is 8.31. The summed E-state index contributed by atoms with van der Waals surface area (Å²) in [6, 6.07) is 11.8. The highest BCUT2D eigenvalue weighted by atomic mass is 19.2. The second kappa shape index (κ2) is 7.95. The van der Waals surface area contributed by atoms with E-state index in [9.17, 15) is 18.4 Å². The van der Waals surface area contributed by atoms with Crippen LogP contribution in [-0.4, -0.2) is 48.0 Å². The van der Waals surface area contributed by atoms with Gasteiger partial charge in [0.15, 0.2) is 11.6 Å². The molecule has 1 fully saturated rings. The van der Waals surface area contributed by atoms with E-state index in [1.54, 1.807) is 24.3 Å². The molecule has 0 atom stereocenters. The highest BCUT2D eigenvalue weighted by Gasteiger charge is 2.24. The number of halogens is 2.